The van der Waals surface area contributed by atoms with Crippen LogP contribution in [0.1, 0.15) is 13.3 Å². The fourth-order valence-electron chi connectivity index (χ4n) is 1.68. The van der Waals surface area contributed by atoms with Gasteiger partial charge in [0.15, 0.2) is 0 Å². The summed E-state index contributed by atoms with van der Waals surface area (Å²) in [6, 6.07) is 4.26. The topological polar surface area (TPSA) is 83.7 Å². The van der Waals surface area contributed by atoms with Gasteiger partial charge in [-0.15, -0.1) is 0 Å². The largest absolute Gasteiger partial charge is 0.399 e. The smallest absolute Gasteiger partial charge is 0.245 e. The van der Waals surface area contributed by atoms with Gasteiger partial charge in [-0.3, -0.25) is 4.79 Å². The highest BCUT2D eigenvalue weighted by molar-refractivity contribution is 7.89. The Labute approximate surface area is 130 Å². The van der Waals surface area contributed by atoms with Crippen LogP contribution in [0.4, 0.5) is 5.69 Å². The third-order valence-corrected chi connectivity index (χ3v) is 5.18. The van der Waals surface area contributed by atoms with E-state index in [0.717, 1.165) is 4.31 Å². The lowest BCUT2D eigenvalue weighted by molar-refractivity contribution is -0.128. The van der Waals surface area contributed by atoms with Crippen molar-refractivity contribution in [3.05, 3.63) is 23.2 Å². The standard InChI is InChI=1S/C13H20ClN3O3S/c1-4-7-17(9-13(18)16(2)3)21(19,20)12-8-10(15)5-6-11(12)14/h5-6,8H,4,7,9,15H2,1-3H3. The molecule has 0 aliphatic heterocycles. The minimum Gasteiger partial charge on any atom is -0.399 e. The van der Waals surface area contributed by atoms with E-state index >= 15 is 0 Å². The van der Waals surface area contributed by atoms with Crippen molar-refractivity contribution in [2.24, 2.45) is 0 Å². The molecule has 0 atom stereocenters. The maximum atomic E-state index is 12.7. The number of anilines is 1. The Morgan fingerprint density at radius 2 is 1.95 bits per heavy atom. The second-order valence-electron chi connectivity index (χ2n) is 4.82. The van der Waals surface area contributed by atoms with Gasteiger partial charge in [-0.25, -0.2) is 8.42 Å². The number of carbonyl (C=O) groups is 1. The van der Waals surface area contributed by atoms with Gasteiger partial charge in [0.2, 0.25) is 15.9 Å². The number of halogens is 1. The first kappa shape index (κ1) is 17.7. The summed E-state index contributed by atoms with van der Waals surface area (Å²) >= 11 is 5.97. The van der Waals surface area contributed by atoms with E-state index < -0.39 is 10.0 Å². The van der Waals surface area contributed by atoms with E-state index in [9.17, 15) is 13.2 Å². The molecule has 21 heavy (non-hydrogen) atoms. The van der Waals surface area contributed by atoms with Crippen LogP contribution in [0.25, 0.3) is 0 Å². The van der Waals surface area contributed by atoms with E-state index in [4.69, 9.17) is 17.3 Å². The Hall–Kier alpha value is -1.31. The van der Waals surface area contributed by atoms with Crippen LogP contribution in [0.2, 0.25) is 5.02 Å². The molecular weight excluding hydrogens is 314 g/mol. The Morgan fingerprint density at radius 1 is 1.33 bits per heavy atom. The number of amides is 1. The van der Waals surface area contributed by atoms with Crippen LogP contribution < -0.4 is 5.73 Å². The average Bonchev–Trinajstić information content (AvgIpc) is 2.40. The van der Waals surface area contributed by atoms with Gasteiger partial charge in [-0.05, 0) is 24.6 Å². The third kappa shape index (κ3) is 4.33. The molecule has 0 spiro atoms. The first-order chi connectivity index (χ1) is 9.70. The molecule has 1 amide bonds. The number of rotatable bonds is 6. The molecule has 0 radical (unpaired) electrons. The van der Waals surface area contributed by atoms with Crippen molar-refractivity contribution in [2.45, 2.75) is 18.2 Å². The molecule has 118 valence electrons. The minimum absolute atomic E-state index is 0.0795. The van der Waals surface area contributed by atoms with Gasteiger partial charge >= 0.3 is 0 Å². The number of nitrogens with zero attached hydrogens (tertiary/aromatic N) is 2. The lowest BCUT2D eigenvalue weighted by Crippen LogP contribution is -2.40. The molecular formula is C13H20ClN3O3S. The Kier molecular flexibility index (Phi) is 6.00. The van der Waals surface area contributed by atoms with Gasteiger partial charge < -0.3 is 10.6 Å². The molecule has 6 nitrogen and oxygen atoms in total. The number of likely N-dealkylation sites (N-methyl/N-ethyl adjacent to an activating group) is 1. The summed E-state index contributed by atoms with van der Waals surface area (Å²) in [6.45, 7) is 1.84. The summed E-state index contributed by atoms with van der Waals surface area (Å²) in [5, 5.41) is 0.0857. The summed E-state index contributed by atoms with van der Waals surface area (Å²) in [6.07, 6.45) is 0.583. The molecule has 0 aliphatic carbocycles. The van der Waals surface area contributed by atoms with Crippen molar-refractivity contribution in [3.8, 4) is 0 Å². The number of benzene rings is 1. The van der Waals surface area contributed by atoms with Crippen molar-refractivity contribution < 1.29 is 13.2 Å². The van der Waals surface area contributed by atoms with Gasteiger partial charge in [0.1, 0.15) is 4.90 Å². The van der Waals surface area contributed by atoms with Gasteiger partial charge in [-0.2, -0.15) is 4.31 Å². The van der Waals surface area contributed by atoms with Gasteiger partial charge in [-0.1, -0.05) is 18.5 Å². The molecule has 0 aliphatic rings. The zero-order valence-electron chi connectivity index (χ0n) is 12.3. The van der Waals surface area contributed by atoms with Crippen LogP contribution in [0.3, 0.4) is 0 Å². The second kappa shape index (κ2) is 7.11. The molecule has 0 saturated carbocycles. The Bertz CT molecular complexity index is 617. The van der Waals surface area contributed by atoms with Crippen LogP contribution in [0.5, 0.6) is 0 Å². The van der Waals surface area contributed by atoms with Crippen LogP contribution in [-0.4, -0.2) is 50.7 Å². The highest BCUT2D eigenvalue weighted by Gasteiger charge is 2.28. The number of hydrogen-bond donors (Lipinski definition) is 1. The molecule has 0 saturated heterocycles. The van der Waals surface area contributed by atoms with Gasteiger partial charge in [0.05, 0.1) is 11.6 Å². The summed E-state index contributed by atoms with van der Waals surface area (Å²) in [7, 11) is -0.719. The second-order valence-corrected chi connectivity index (χ2v) is 7.13. The number of sulfonamides is 1. The predicted molar refractivity (Wildman–Crippen MR) is 83.6 cm³/mol. The summed E-state index contributed by atoms with van der Waals surface area (Å²) in [5.74, 6) is -0.299. The van der Waals surface area contributed by atoms with E-state index in [1.54, 1.807) is 14.1 Å². The predicted octanol–water partition coefficient (Wildman–Crippen LogP) is 1.41. The molecule has 1 aromatic rings. The van der Waals surface area contributed by atoms with Crippen molar-refractivity contribution in [3.63, 3.8) is 0 Å². The van der Waals surface area contributed by atoms with Crippen molar-refractivity contribution >= 4 is 33.2 Å². The van der Waals surface area contributed by atoms with Crippen molar-refractivity contribution in [2.75, 3.05) is 32.9 Å². The number of carbonyl (C=O) groups excluding carboxylic acids is 1. The number of nitrogen functional groups attached to an aromatic ring is 1. The Balaban J connectivity index is 3.21. The first-order valence-corrected chi connectivity index (χ1v) is 8.27. The van der Waals surface area contributed by atoms with Crippen LogP contribution in [0.15, 0.2) is 23.1 Å². The Morgan fingerprint density at radius 3 is 2.48 bits per heavy atom. The number of hydrogen-bond acceptors (Lipinski definition) is 4. The average molecular weight is 334 g/mol. The first-order valence-electron chi connectivity index (χ1n) is 6.45. The fourth-order valence-corrected chi connectivity index (χ4v) is 3.67. The van der Waals surface area contributed by atoms with E-state index in [0.29, 0.717) is 12.1 Å². The van der Waals surface area contributed by atoms with E-state index in [1.165, 1.54) is 23.1 Å². The quantitative estimate of drug-likeness (QED) is 0.798. The monoisotopic (exact) mass is 333 g/mol. The summed E-state index contributed by atoms with van der Waals surface area (Å²) < 4.78 is 26.5. The lowest BCUT2D eigenvalue weighted by Gasteiger charge is -2.23. The van der Waals surface area contributed by atoms with E-state index in [-0.39, 0.29) is 28.9 Å². The molecule has 1 rings (SSSR count). The van der Waals surface area contributed by atoms with Crippen molar-refractivity contribution in [1.82, 2.24) is 9.21 Å². The normalized spacial score (nSPS) is 11.7. The van der Waals surface area contributed by atoms with Crippen molar-refractivity contribution in [1.29, 1.82) is 0 Å². The van der Waals surface area contributed by atoms with Gasteiger partial charge in [0.25, 0.3) is 0 Å². The maximum absolute atomic E-state index is 12.7. The molecule has 0 aromatic heterocycles. The summed E-state index contributed by atoms with van der Waals surface area (Å²) in [4.78, 5) is 13.1. The molecule has 8 heteroatoms. The van der Waals surface area contributed by atoms with E-state index in [1.807, 2.05) is 6.92 Å². The van der Waals surface area contributed by atoms with Crippen LogP contribution in [0, 0.1) is 0 Å². The highest BCUT2D eigenvalue weighted by Crippen LogP contribution is 2.26. The highest BCUT2D eigenvalue weighted by atomic mass is 35.5. The minimum atomic E-state index is -3.87. The number of nitrogens with two attached hydrogens (primary N) is 1. The molecule has 0 unspecified atom stereocenters. The van der Waals surface area contributed by atoms with Crippen LogP contribution >= 0.6 is 11.6 Å². The summed E-state index contributed by atoms with van der Waals surface area (Å²) in [5.41, 5.74) is 5.93. The third-order valence-electron chi connectivity index (χ3n) is 2.86. The SMILES string of the molecule is CCCN(CC(=O)N(C)C)S(=O)(=O)c1cc(N)ccc1Cl. The molecule has 1 aromatic carbocycles. The zero-order valence-corrected chi connectivity index (χ0v) is 13.9. The van der Waals surface area contributed by atoms with Crippen LogP contribution in [-0.2, 0) is 14.8 Å². The molecule has 0 fully saturated rings. The molecule has 0 bridgehead atoms. The van der Waals surface area contributed by atoms with Gasteiger partial charge in [0, 0.05) is 26.3 Å². The lowest BCUT2D eigenvalue weighted by atomic mass is 10.3. The zero-order chi connectivity index (χ0) is 16.2. The maximum Gasteiger partial charge on any atom is 0.245 e. The fraction of sp³-hybridized carbons (Fsp3) is 0.462. The van der Waals surface area contributed by atoms with E-state index in [2.05, 4.69) is 0 Å². The molecule has 2 N–H and O–H groups in total. The molecule has 0 heterocycles.